The number of hydrogen-bond donors (Lipinski definition) is 0. The van der Waals surface area contributed by atoms with Gasteiger partial charge < -0.3 is 9.80 Å². The smallest absolute Gasteiger partial charge is 0.246 e. The summed E-state index contributed by atoms with van der Waals surface area (Å²) in [5, 5.41) is 0. The maximum absolute atomic E-state index is 12.2. The highest BCUT2D eigenvalue weighted by atomic mass is 16.2. The maximum Gasteiger partial charge on any atom is 0.246 e. The van der Waals surface area contributed by atoms with Crippen molar-refractivity contribution in [3.63, 3.8) is 0 Å². The number of likely N-dealkylation sites (N-methyl/N-ethyl adjacent to an activating group) is 1. The Morgan fingerprint density at radius 1 is 1.28 bits per heavy atom. The Morgan fingerprint density at radius 3 is 2.50 bits per heavy atom. The van der Waals surface area contributed by atoms with Gasteiger partial charge in [-0.1, -0.05) is 26.0 Å². The van der Waals surface area contributed by atoms with Crippen LogP contribution in [0.3, 0.4) is 0 Å². The van der Waals surface area contributed by atoms with Crippen molar-refractivity contribution in [3.8, 4) is 0 Å². The minimum Gasteiger partial charge on any atom is -0.312 e. The molecule has 0 atom stereocenters. The van der Waals surface area contributed by atoms with Crippen LogP contribution in [0.15, 0.2) is 24.3 Å². The molecule has 4 heteroatoms. The summed E-state index contributed by atoms with van der Waals surface area (Å²) in [6, 6.07) is 7.51. The van der Waals surface area contributed by atoms with Crippen molar-refractivity contribution in [2.75, 3.05) is 23.4 Å². The van der Waals surface area contributed by atoms with E-state index in [1.807, 2.05) is 38.1 Å². The number of benzene rings is 1. The van der Waals surface area contributed by atoms with Crippen molar-refractivity contribution in [1.82, 2.24) is 0 Å². The van der Waals surface area contributed by atoms with E-state index in [1.165, 1.54) is 0 Å². The van der Waals surface area contributed by atoms with Gasteiger partial charge in [0.2, 0.25) is 11.8 Å². The van der Waals surface area contributed by atoms with Gasteiger partial charge in [-0.05, 0) is 18.1 Å². The predicted molar refractivity (Wildman–Crippen MR) is 71.7 cm³/mol. The summed E-state index contributed by atoms with van der Waals surface area (Å²) in [6.45, 7) is 4.14. The lowest BCUT2D eigenvalue weighted by atomic mass is 10.1. The van der Waals surface area contributed by atoms with Crippen LogP contribution in [0.2, 0.25) is 0 Å². The monoisotopic (exact) mass is 246 g/mol. The van der Waals surface area contributed by atoms with E-state index in [2.05, 4.69) is 0 Å². The first-order valence-corrected chi connectivity index (χ1v) is 6.16. The molecule has 0 spiro atoms. The van der Waals surface area contributed by atoms with Crippen LogP contribution < -0.4 is 9.80 Å². The highest BCUT2D eigenvalue weighted by Gasteiger charge is 2.30. The second-order valence-electron chi connectivity index (χ2n) is 5.02. The average Bonchev–Trinajstić information content (AvgIpc) is 2.33. The minimum atomic E-state index is -0.0502. The molecule has 0 saturated carbocycles. The third-order valence-corrected chi connectivity index (χ3v) is 3.09. The highest BCUT2D eigenvalue weighted by Crippen LogP contribution is 2.32. The summed E-state index contributed by atoms with van der Waals surface area (Å²) in [4.78, 5) is 27.3. The van der Waals surface area contributed by atoms with Crippen molar-refractivity contribution in [2.24, 2.45) is 5.92 Å². The molecule has 0 unspecified atom stereocenters. The summed E-state index contributed by atoms with van der Waals surface area (Å²) in [7, 11) is 1.74. The van der Waals surface area contributed by atoms with E-state index < -0.39 is 0 Å². The molecule has 1 aromatic carbocycles. The van der Waals surface area contributed by atoms with Crippen molar-refractivity contribution in [2.45, 2.75) is 20.3 Å². The van der Waals surface area contributed by atoms with E-state index in [4.69, 9.17) is 0 Å². The fourth-order valence-electron chi connectivity index (χ4n) is 2.12. The second kappa shape index (κ2) is 4.80. The molecule has 0 bridgehead atoms. The minimum absolute atomic E-state index is 0.0129. The standard InChI is InChI=1S/C14H18N2O2/c1-10(2)8-13(17)16-9-14(18)15(3)11-6-4-5-7-12(11)16/h4-7,10H,8-9H2,1-3H3. The highest BCUT2D eigenvalue weighted by molar-refractivity contribution is 6.10. The predicted octanol–water partition coefficient (Wildman–Crippen LogP) is 2.04. The summed E-state index contributed by atoms with van der Waals surface area (Å²) in [5.41, 5.74) is 1.62. The van der Waals surface area contributed by atoms with Gasteiger partial charge in [-0.25, -0.2) is 0 Å². The Labute approximate surface area is 107 Å². The van der Waals surface area contributed by atoms with Gasteiger partial charge in [0.25, 0.3) is 0 Å². The molecule has 2 amide bonds. The Bertz CT molecular complexity index is 482. The molecule has 0 aromatic heterocycles. The Morgan fingerprint density at radius 2 is 1.89 bits per heavy atom. The third-order valence-electron chi connectivity index (χ3n) is 3.09. The molecular weight excluding hydrogens is 228 g/mol. The molecule has 2 rings (SSSR count). The summed E-state index contributed by atoms with van der Waals surface area (Å²) >= 11 is 0. The fraction of sp³-hybridized carbons (Fsp3) is 0.429. The molecule has 0 N–H and O–H groups in total. The number of carbonyl (C=O) groups excluding carboxylic acids is 2. The quantitative estimate of drug-likeness (QED) is 0.801. The maximum atomic E-state index is 12.2. The van der Waals surface area contributed by atoms with Crippen LogP contribution in [0, 0.1) is 5.92 Å². The van der Waals surface area contributed by atoms with Crippen molar-refractivity contribution in [3.05, 3.63) is 24.3 Å². The molecule has 96 valence electrons. The number of nitrogens with zero attached hydrogens (tertiary/aromatic N) is 2. The second-order valence-corrected chi connectivity index (χ2v) is 5.02. The van der Waals surface area contributed by atoms with Crippen LogP contribution in [0.5, 0.6) is 0 Å². The zero-order valence-corrected chi connectivity index (χ0v) is 11.0. The van der Waals surface area contributed by atoms with Crippen LogP contribution in [0.25, 0.3) is 0 Å². The zero-order valence-electron chi connectivity index (χ0n) is 11.0. The Kier molecular flexibility index (Phi) is 3.36. The molecule has 0 radical (unpaired) electrons. The number of rotatable bonds is 2. The summed E-state index contributed by atoms with van der Waals surface area (Å²) < 4.78 is 0. The molecule has 1 aromatic rings. The van der Waals surface area contributed by atoms with Crippen LogP contribution in [0.1, 0.15) is 20.3 Å². The number of anilines is 2. The largest absolute Gasteiger partial charge is 0.312 e. The van der Waals surface area contributed by atoms with Gasteiger partial charge in [0.1, 0.15) is 6.54 Å². The van der Waals surface area contributed by atoms with Crippen LogP contribution in [0.4, 0.5) is 11.4 Å². The lowest BCUT2D eigenvalue weighted by Gasteiger charge is -2.34. The number of carbonyl (C=O) groups is 2. The topological polar surface area (TPSA) is 40.6 Å². The van der Waals surface area contributed by atoms with Crippen molar-refractivity contribution >= 4 is 23.2 Å². The average molecular weight is 246 g/mol. The van der Waals surface area contributed by atoms with Crippen molar-refractivity contribution in [1.29, 1.82) is 0 Å². The van der Waals surface area contributed by atoms with Gasteiger partial charge in [0.15, 0.2) is 0 Å². The van der Waals surface area contributed by atoms with E-state index in [1.54, 1.807) is 16.8 Å². The number of amides is 2. The summed E-state index contributed by atoms with van der Waals surface area (Å²) in [5.74, 6) is 0.254. The van der Waals surface area contributed by atoms with Gasteiger partial charge in [-0.15, -0.1) is 0 Å². The van der Waals surface area contributed by atoms with E-state index in [-0.39, 0.29) is 18.4 Å². The lowest BCUT2D eigenvalue weighted by molar-refractivity contribution is -0.123. The molecule has 18 heavy (non-hydrogen) atoms. The number of para-hydroxylation sites is 2. The number of hydrogen-bond acceptors (Lipinski definition) is 2. The Balaban J connectivity index is 2.36. The van der Waals surface area contributed by atoms with Gasteiger partial charge in [-0.2, -0.15) is 0 Å². The van der Waals surface area contributed by atoms with E-state index in [0.717, 1.165) is 11.4 Å². The first kappa shape index (κ1) is 12.6. The normalized spacial score (nSPS) is 15.0. The SMILES string of the molecule is CC(C)CC(=O)N1CC(=O)N(C)c2ccccc21. The van der Waals surface area contributed by atoms with E-state index >= 15 is 0 Å². The van der Waals surface area contributed by atoms with Gasteiger partial charge in [-0.3, -0.25) is 9.59 Å². The van der Waals surface area contributed by atoms with Crippen LogP contribution >= 0.6 is 0 Å². The zero-order chi connectivity index (χ0) is 13.3. The molecule has 0 saturated heterocycles. The third kappa shape index (κ3) is 2.23. The van der Waals surface area contributed by atoms with Crippen LogP contribution in [-0.4, -0.2) is 25.4 Å². The molecule has 0 fully saturated rings. The molecule has 0 aliphatic carbocycles. The molecular formula is C14H18N2O2. The van der Waals surface area contributed by atoms with Crippen LogP contribution in [-0.2, 0) is 9.59 Å². The van der Waals surface area contributed by atoms with Gasteiger partial charge in [0.05, 0.1) is 11.4 Å². The molecule has 4 nitrogen and oxygen atoms in total. The van der Waals surface area contributed by atoms with E-state index in [0.29, 0.717) is 12.3 Å². The van der Waals surface area contributed by atoms with Gasteiger partial charge >= 0.3 is 0 Å². The van der Waals surface area contributed by atoms with Gasteiger partial charge in [0, 0.05) is 13.5 Å². The fourth-order valence-corrected chi connectivity index (χ4v) is 2.12. The van der Waals surface area contributed by atoms with E-state index in [9.17, 15) is 9.59 Å². The summed E-state index contributed by atoms with van der Waals surface area (Å²) in [6.07, 6.45) is 0.464. The lowest BCUT2D eigenvalue weighted by Crippen LogP contribution is -2.46. The molecule has 1 aliphatic rings. The first-order chi connectivity index (χ1) is 8.50. The Hall–Kier alpha value is -1.84. The number of fused-ring (bicyclic) bond motifs is 1. The van der Waals surface area contributed by atoms with Crippen molar-refractivity contribution < 1.29 is 9.59 Å². The first-order valence-electron chi connectivity index (χ1n) is 6.16. The molecule has 1 aliphatic heterocycles. The molecule has 1 heterocycles.